The van der Waals surface area contributed by atoms with E-state index in [1.54, 1.807) is 30.3 Å². The summed E-state index contributed by atoms with van der Waals surface area (Å²) in [4.78, 5) is 4.27. The van der Waals surface area contributed by atoms with Crippen molar-refractivity contribution < 1.29 is 18.8 Å². The van der Waals surface area contributed by atoms with Crippen molar-refractivity contribution in [3.63, 3.8) is 0 Å². The number of hydrogen-bond acceptors (Lipinski definition) is 5. The lowest BCUT2D eigenvalue weighted by atomic mass is 10.2. The zero-order valence-corrected chi connectivity index (χ0v) is 13.5. The van der Waals surface area contributed by atoms with E-state index in [4.69, 9.17) is 9.26 Å². The van der Waals surface area contributed by atoms with E-state index in [0.717, 1.165) is 0 Å². The lowest BCUT2D eigenvalue weighted by Gasteiger charge is -2.07. The normalized spacial score (nSPS) is 10.7. The number of phenols is 1. The van der Waals surface area contributed by atoms with Gasteiger partial charge in [0.1, 0.15) is 11.5 Å². The van der Waals surface area contributed by atoms with Gasteiger partial charge in [-0.25, -0.2) is 4.39 Å². The van der Waals surface area contributed by atoms with Gasteiger partial charge in [0.2, 0.25) is 5.82 Å². The first kappa shape index (κ1) is 15.8. The highest BCUT2D eigenvalue weighted by Crippen LogP contribution is 2.29. The fourth-order valence-electron chi connectivity index (χ4n) is 2.40. The van der Waals surface area contributed by atoms with Crippen LogP contribution in [-0.4, -0.2) is 15.2 Å². The topological polar surface area (TPSA) is 68.4 Å². The SMILES string of the molecule is Oc1ccc(-c2nc(-c3ccc(Oc4ccccc4)c(F)c3)no2)cc1. The van der Waals surface area contributed by atoms with Crippen molar-refractivity contribution in [1.29, 1.82) is 0 Å². The number of para-hydroxylation sites is 1. The Hall–Kier alpha value is -3.67. The van der Waals surface area contributed by atoms with Crippen LogP contribution in [0.4, 0.5) is 4.39 Å². The van der Waals surface area contributed by atoms with Crippen LogP contribution in [0.5, 0.6) is 17.2 Å². The number of rotatable bonds is 4. The number of aromatic nitrogens is 2. The molecule has 0 unspecified atom stereocenters. The van der Waals surface area contributed by atoms with Gasteiger partial charge in [-0.1, -0.05) is 23.4 Å². The van der Waals surface area contributed by atoms with Crippen LogP contribution in [0.1, 0.15) is 0 Å². The van der Waals surface area contributed by atoms with Crippen LogP contribution in [0.15, 0.2) is 77.3 Å². The zero-order valence-electron chi connectivity index (χ0n) is 13.5. The molecule has 0 atom stereocenters. The van der Waals surface area contributed by atoms with Gasteiger partial charge in [-0.05, 0) is 54.6 Å². The summed E-state index contributed by atoms with van der Waals surface area (Å²) in [6.45, 7) is 0. The summed E-state index contributed by atoms with van der Waals surface area (Å²) >= 11 is 0. The Morgan fingerprint density at radius 2 is 1.62 bits per heavy atom. The summed E-state index contributed by atoms with van der Waals surface area (Å²) in [6, 6.07) is 19.8. The summed E-state index contributed by atoms with van der Waals surface area (Å²) in [7, 11) is 0. The van der Waals surface area contributed by atoms with Gasteiger partial charge in [-0.3, -0.25) is 0 Å². The van der Waals surface area contributed by atoms with Crippen LogP contribution < -0.4 is 4.74 Å². The van der Waals surface area contributed by atoms with Crippen LogP contribution in [0.2, 0.25) is 0 Å². The van der Waals surface area contributed by atoms with Crippen molar-refractivity contribution in [2.24, 2.45) is 0 Å². The molecule has 26 heavy (non-hydrogen) atoms. The fourth-order valence-corrected chi connectivity index (χ4v) is 2.40. The third-order valence-electron chi connectivity index (χ3n) is 3.70. The molecule has 4 rings (SSSR count). The van der Waals surface area contributed by atoms with E-state index in [-0.39, 0.29) is 23.2 Å². The molecule has 5 nitrogen and oxygen atoms in total. The lowest BCUT2D eigenvalue weighted by Crippen LogP contribution is -1.90. The van der Waals surface area contributed by atoms with E-state index in [2.05, 4.69) is 10.1 Å². The van der Waals surface area contributed by atoms with Crippen molar-refractivity contribution in [2.45, 2.75) is 0 Å². The van der Waals surface area contributed by atoms with Gasteiger partial charge >= 0.3 is 0 Å². The molecule has 1 heterocycles. The molecular weight excluding hydrogens is 335 g/mol. The van der Waals surface area contributed by atoms with Crippen molar-refractivity contribution in [3.8, 4) is 40.1 Å². The maximum Gasteiger partial charge on any atom is 0.258 e. The minimum absolute atomic E-state index is 0.113. The van der Waals surface area contributed by atoms with Gasteiger partial charge in [-0.2, -0.15) is 4.98 Å². The number of phenolic OH excluding ortho intramolecular Hbond substituents is 1. The largest absolute Gasteiger partial charge is 0.508 e. The monoisotopic (exact) mass is 348 g/mol. The first-order valence-corrected chi connectivity index (χ1v) is 7.85. The lowest BCUT2D eigenvalue weighted by molar-refractivity contribution is 0.431. The van der Waals surface area contributed by atoms with E-state index in [1.807, 2.05) is 18.2 Å². The number of halogens is 1. The molecule has 0 spiro atoms. The Balaban J connectivity index is 1.59. The standard InChI is InChI=1S/C20H13FN2O3/c21-17-12-14(8-11-18(17)25-16-4-2-1-3-5-16)19-22-20(26-23-19)13-6-9-15(24)10-7-13/h1-12,24H. The van der Waals surface area contributed by atoms with Gasteiger partial charge in [0, 0.05) is 11.1 Å². The van der Waals surface area contributed by atoms with Gasteiger partial charge in [0.25, 0.3) is 5.89 Å². The number of nitrogens with zero attached hydrogens (tertiary/aromatic N) is 2. The summed E-state index contributed by atoms with van der Waals surface area (Å²) in [5.41, 5.74) is 1.13. The molecule has 0 bridgehead atoms. The molecule has 0 radical (unpaired) electrons. The Morgan fingerprint density at radius 3 is 2.35 bits per heavy atom. The van der Waals surface area contributed by atoms with E-state index in [9.17, 15) is 9.50 Å². The van der Waals surface area contributed by atoms with Crippen LogP contribution in [0.25, 0.3) is 22.8 Å². The molecule has 3 aromatic carbocycles. The fraction of sp³-hybridized carbons (Fsp3) is 0. The summed E-state index contributed by atoms with van der Waals surface area (Å²) in [6.07, 6.45) is 0. The van der Waals surface area contributed by atoms with Crippen LogP contribution in [0, 0.1) is 5.82 Å². The summed E-state index contributed by atoms with van der Waals surface area (Å²) in [5, 5.41) is 13.2. The molecule has 0 fully saturated rings. The Morgan fingerprint density at radius 1 is 0.885 bits per heavy atom. The van der Waals surface area contributed by atoms with Gasteiger partial charge in [0.05, 0.1) is 0 Å². The van der Waals surface area contributed by atoms with E-state index >= 15 is 0 Å². The molecule has 0 aliphatic rings. The second-order valence-electron chi connectivity index (χ2n) is 5.53. The smallest absolute Gasteiger partial charge is 0.258 e. The average molecular weight is 348 g/mol. The summed E-state index contributed by atoms with van der Waals surface area (Å²) < 4.78 is 25.1. The van der Waals surface area contributed by atoms with Gasteiger partial charge in [0.15, 0.2) is 11.6 Å². The second kappa shape index (κ2) is 6.68. The maximum absolute atomic E-state index is 14.4. The van der Waals surface area contributed by atoms with E-state index < -0.39 is 5.82 Å². The van der Waals surface area contributed by atoms with Gasteiger partial charge in [-0.15, -0.1) is 0 Å². The number of hydrogen-bond donors (Lipinski definition) is 1. The van der Waals surface area contributed by atoms with E-state index in [1.165, 1.54) is 24.3 Å². The van der Waals surface area contributed by atoms with Crippen molar-refractivity contribution in [1.82, 2.24) is 10.1 Å². The quantitative estimate of drug-likeness (QED) is 0.559. The Labute approximate surface area is 148 Å². The predicted octanol–water partition coefficient (Wildman–Crippen LogP) is 5.04. The van der Waals surface area contributed by atoms with E-state index in [0.29, 0.717) is 16.9 Å². The highest BCUT2D eigenvalue weighted by Gasteiger charge is 2.13. The zero-order chi connectivity index (χ0) is 17.9. The number of aromatic hydroxyl groups is 1. The van der Waals surface area contributed by atoms with Crippen molar-refractivity contribution in [3.05, 3.63) is 78.6 Å². The summed E-state index contributed by atoms with van der Waals surface area (Å²) in [5.74, 6) is 0.825. The molecule has 1 aromatic heterocycles. The molecule has 4 aromatic rings. The van der Waals surface area contributed by atoms with Gasteiger partial charge < -0.3 is 14.4 Å². The predicted molar refractivity (Wildman–Crippen MR) is 93.3 cm³/mol. The number of ether oxygens (including phenoxy) is 1. The molecule has 0 aliphatic carbocycles. The minimum Gasteiger partial charge on any atom is -0.508 e. The maximum atomic E-state index is 14.4. The van der Waals surface area contributed by atoms with Crippen LogP contribution >= 0.6 is 0 Å². The molecule has 0 aliphatic heterocycles. The Kier molecular flexibility index (Phi) is 4.07. The first-order chi connectivity index (χ1) is 12.7. The second-order valence-corrected chi connectivity index (χ2v) is 5.53. The van der Waals surface area contributed by atoms with Crippen molar-refractivity contribution >= 4 is 0 Å². The minimum atomic E-state index is -0.526. The number of benzene rings is 3. The third-order valence-corrected chi connectivity index (χ3v) is 3.70. The molecule has 6 heteroatoms. The molecule has 128 valence electrons. The molecule has 0 amide bonds. The average Bonchev–Trinajstić information content (AvgIpc) is 3.15. The van der Waals surface area contributed by atoms with Crippen LogP contribution in [0.3, 0.4) is 0 Å². The molecule has 1 N–H and O–H groups in total. The molecular formula is C20H13FN2O3. The third kappa shape index (κ3) is 3.25. The Bertz CT molecular complexity index is 1030. The highest BCUT2D eigenvalue weighted by molar-refractivity contribution is 5.61. The molecule has 0 saturated carbocycles. The van der Waals surface area contributed by atoms with Crippen molar-refractivity contribution in [2.75, 3.05) is 0 Å². The highest BCUT2D eigenvalue weighted by atomic mass is 19.1. The molecule has 0 saturated heterocycles. The first-order valence-electron chi connectivity index (χ1n) is 7.85. The van der Waals surface area contributed by atoms with Crippen LogP contribution in [-0.2, 0) is 0 Å².